The van der Waals surface area contributed by atoms with E-state index in [9.17, 15) is 5.11 Å². The number of nitrogens with one attached hydrogen (secondary N) is 1. The van der Waals surface area contributed by atoms with E-state index in [-0.39, 0.29) is 6.10 Å². The first-order valence-electron chi connectivity index (χ1n) is 8.99. The van der Waals surface area contributed by atoms with Crippen molar-refractivity contribution in [2.24, 2.45) is 0 Å². The lowest BCUT2D eigenvalue weighted by atomic mass is 10.0. The van der Waals surface area contributed by atoms with Crippen molar-refractivity contribution in [3.8, 4) is 11.5 Å². The Hall–Kier alpha value is -2.23. The van der Waals surface area contributed by atoms with Gasteiger partial charge in [-0.15, -0.1) is 0 Å². The van der Waals surface area contributed by atoms with Crippen LogP contribution in [0.2, 0.25) is 0 Å². The third-order valence-electron chi connectivity index (χ3n) is 5.06. The van der Waals surface area contributed by atoms with E-state index in [1.54, 1.807) is 6.07 Å². The number of rotatable bonds is 5. The van der Waals surface area contributed by atoms with E-state index in [1.165, 1.54) is 0 Å². The lowest BCUT2D eigenvalue weighted by Gasteiger charge is -2.34. The van der Waals surface area contributed by atoms with E-state index in [4.69, 9.17) is 10.1 Å². The summed E-state index contributed by atoms with van der Waals surface area (Å²) in [5, 5.41) is 18.4. The van der Waals surface area contributed by atoms with Crippen LogP contribution in [-0.2, 0) is 6.42 Å². The smallest absolute Gasteiger partial charge is 0.123 e. The van der Waals surface area contributed by atoms with Gasteiger partial charge in [0.1, 0.15) is 23.4 Å². The average molecular weight is 342 g/mol. The third kappa shape index (κ3) is 4.65. The molecular formula is C21H30N2O2. The highest BCUT2D eigenvalue weighted by Gasteiger charge is 2.23. The molecular weight excluding hydrogens is 312 g/mol. The topological polar surface area (TPSA) is 56.6 Å². The summed E-state index contributed by atoms with van der Waals surface area (Å²) in [6.07, 6.45) is 2.68. The Morgan fingerprint density at radius 1 is 1.24 bits per heavy atom. The molecule has 1 saturated heterocycles. The Bertz CT molecular complexity index is 683. The zero-order valence-electron chi connectivity index (χ0n) is 15.9. The van der Waals surface area contributed by atoms with Gasteiger partial charge < -0.3 is 14.7 Å². The molecule has 4 nitrogen and oxygen atoms in total. The van der Waals surface area contributed by atoms with Gasteiger partial charge in [0.05, 0.1) is 0 Å². The summed E-state index contributed by atoms with van der Waals surface area (Å²) in [6.45, 7) is 13.6. The number of allylic oxidation sites excluding steroid dienone is 2. The van der Waals surface area contributed by atoms with Crippen molar-refractivity contribution in [3.63, 3.8) is 0 Å². The van der Waals surface area contributed by atoms with Gasteiger partial charge in [-0.1, -0.05) is 25.1 Å². The minimum Gasteiger partial charge on any atom is -0.508 e. The number of phenols is 1. The normalized spacial score (nSPS) is 16.4. The van der Waals surface area contributed by atoms with E-state index >= 15 is 0 Å². The molecule has 0 aliphatic carbocycles. The molecule has 1 aromatic carbocycles. The second-order valence-electron chi connectivity index (χ2n) is 6.83. The second-order valence-corrected chi connectivity index (χ2v) is 6.83. The molecule has 2 rings (SSSR count). The monoisotopic (exact) mass is 342 g/mol. The van der Waals surface area contributed by atoms with Crippen LogP contribution in [0.5, 0.6) is 11.5 Å². The maximum Gasteiger partial charge on any atom is 0.123 e. The lowest BCUT2D eigenvalue weighted by molar-refractivity contribution is 0.130. The number of hydrogen-bond acceptors (Lipinski definition) is 3. The highest BCUT2D eigenvalue weighted by Crippen LogP contribution is 2.27. The molecule has 136 valence electrons. The minimum absolute atomic E-state index is 0.127. The number of benzene rings is 1. The van der Waals surface area contributed by atoms with Gasteiger partial charge in [0, 0.05) is 32.0 Å². The maximum absolute atomic E-state index is 9.96. The molecule has 2 N–H and O–H groups in total. The SMILES string of the molecule is C=C(C)/C(C)=C(/C)C(=N)N1CCC(Oc2ccc(CC)c(O)c2)CC1. The Morgan fingerprint density at radius 3 is 2.40 bits per heavy atom. The number of hydrogen-bond donors (Lipinski definition) is 2. The largest absolute Gasteiger partial charge is 0.508 e. The molecule has 1 aromatic rings. The zero-order valence-corrected chi connectivity index (χ0v) is 15.9. The number of aromatic hydroxyl groups is 1. The van der Waals surface area contributed by atoms with Crippen molar-refractivity contribution < 1.29 is 9.84 Å². The Morgan fingerprint density at radius 2 is 1.88 bits per heavy atom. The second kappa shape index (κ2) is 8.24. The number of likely N-dealkylation sites (tertiary alicyclic amines) is 1. The Kier molecular flexibility index (Phi) is 6.29. The predicted molar refractivity (Wildman–Crippen MR) is 104 cm³/mol. The first-order chi connectivity index (χ1) is 11.8. The number of aryl methyl sites for hydroxylation is 1. The summed E-state index contributed by atoms with van der Waals surface area (Å²) in [4.78, 5) is 2.11. The van der Waals surface area contributed by atoms with Crippen LogP contribution in [-0.4, -0.2) is 35.0 Å². The first kappa shape index (κ1) is 19.1. The molecule has 0 bridgehead atoms. The van der Waals surface area contributed by atoms with Crippen LogP contribution in [0.3, 0.4) is 0 Å². The number of amidine groups is 1. The molecule has 1 aliphatic rings. The molecule has 1 aliphatic heterocycles. The van der Waals surface area contributed by atoms with Crippen LogP contribution in [0, 0.1) is 5.41 Å². The van der Waals surface area contributed by atoms with Crippen LogP contribution < -0.4 is 4.74 Å². The Labute approximate surface area is 151 Å². The van der Waals surface area contributed by atoms with Crippen molar-refractivity contribution in [3.05, 3.63) is 47.1 Å². The summed E-state index contributed by atoms with van der Waals surface area (Å²) in [6, 6.07) is 5.55. The molecule has 0 aromatic heterocycles. The quantitative estimate of drug-likeness (QED) is 0.464. The molecule has 0 atom stereocenters. The summed E-state index contributed by atoms with van der Waals surface area (Å²) < 4.78 is 6.03. The van der Waals surface area contributed by atoms with Crippen molar-refractivity contribution >= 4 is 5.84 Å². The van der Waals surface area contributed by atoms with Gasteiger partial charge in [-0.2, -0.15) is 0 Å². The van der Waals surface area contributed by atoms with Crippen LogP contribution in [0.1, 0.15) is 46.1 Å². The van der Waals surface area contributed by atoms with Crippen LogP contribution in [0.25, 0.3) is 0 Å². The van der Waals surface area contributed by atoms with Crippen LogP contribution >= 0.6 is 0 Å². The molecule has 0 unspecified atom stereocenters. The number of phenolic OH excluding ortho intramolecular Hbond substituents is 1. The zero-order chi connectivity index (χ0) is 18.6. The fourth-order valence-electron chi connectivity index (χ4n) is 3.04. The molecule has 0 spiro atoms. The van der Waals surface area contributed by atoms with Crippen molar-refractivity contribution in [1.82, 2.24) is 4.90 Å². The number of piperidine rings is 1. The van der Waals surface area contributed by atoms with Crippen molar-refractivity contribution in [1.29, 1.82) is 5.41 Å². The van der Waals surface area contributed by atoms with Gasteiger partial charge >= 0.3 is 0 Å². The summed E-state index contributed by atoms with van der Waals surface area (Å²) in [5.41, 5.74) is 4.03. The van der Waals surface area contributed by atoms with E-state index in [0.29, 0.717) is 11.6 Å². The van der Waals surface area contributed by atoms with Crippen LogP contribution in [0.15, 0.2) is 41.5 Å². The fraction of sp³-hybridized carbons (Fsp3) is 0.476. The van der Waals surface area contributed by atoms with Crippen LogP contribution in [0.4, 0.5) is 0 Å². The summed E-state index contributed by atoms with van der Waals surface area (Å²) in [7, 11) is 0. The molecule has 0 radical (unpaired) electrons. The van der Waals surface area contributed by atoms with Gasteiger partial charge in [0.15, 0.2) is 0 Å². The van der Waals surface area contributed by atoms with Gasteiger partial charge in [0.25, 0.3) is 0 Å². The fourth-order valence-corrected chi connectivity index (χ4v) is 3.04. The van der Waals surface area contributed by atoms with Crippen molar-refractivity contribution in [2.45, 2.75) is 53.1 Å². The average Bonchev–Trinajstić information content (AvgIpc) is 2.60. The highest BCUT2D eigenvalue weighted by atomic mass is 16.5. The first-order valence-corrected chi connectivity index (χ1v) is 8.99. The van der Waals surface area contributed by atoms with E-state index in [1.807, 2.05) is 39.8 Å². The van der Waals surface area contributed by atoms with Gasteiger partial charge in [-0.25, -0.2) is 0 Å². The van der Waals surface area contributed by atoms with Crippen molar-refractivity contribution in [2.75, 3.05) is 13.1 Å². The molecule has 0 saturated carbocycles. The van der Waals surface area contributed by atoms with E-state index < -0.39 is 0 Å². The predicted octanol–water partition coefficient (Wildman–Crippen LogP) is 4.69. The minimum atomic E-state index is 0.127. The standard InChI is InChI=1S/C21H30N2O2/c1-6-17-7-8-19(13-20(17)24)25-18-9-11-23(12-10-18)21(22)16(5)15(4)14(2)3/h7-8,13,18,22,24H,2,6,9-12H2,1,3-5H3/b16-15-,22-21?. The lowest BCUT2D eigenvalue weighted by Crippen LogP contribution is -2.42. The summed E-state index contributed by atoms with van der Waals surface area (Å²) >= 11 is 0. The number of ether oxygens (including phenoxy) is 1. The molecule has 25 heavy (non-hydrogen) atoms. The van der Waals surface area contributed by atoms with Gasteiger partial charge in [-0.05, 0) is 50.0 Å². The Balaban J connectivity index is 1.93. The maximum atomic E-state index is 9.96. The van der Waals surface area contributed by atoms with Gasteiger partial charge in [-0.3, -0.25) is 5.41 Å². The van der Waals surface area contributed by atoms with E-state index in [0.717, 1.165) is 60.4 Å². The van der Waals surface area contributed by atoms with Gasteiger partial charge in [0.2, 0.25) is 0 Å². The number of nitrogens with zero attached hydrogens (tertiary/aromatic N) is 1. The molecule has 0 amide bonds. The summed E-state index contributed by atoms with van der Waals surface area (Å²) in [5.74, 6) is 1.61. The highest BCUT2D eigenvalue weighted by molar-refractivity contribution is 5.96. The molecule has 1 heterocycles. The third-order valence-corrected chi connectivity index (χ3v) is 5.06. The molecule has 1 fully saturated rings. The van der Waals surface area contributed by atoms with E-state index in [2.05, 4.69) is 11.5 Å². The molecule has 4 heteroatoms.